The second-order valence-electron chi connectivity index (χ2n) is 5.11. The molecule has 1 N–H and O–H groups in total. The van der Waals surface area contributed by atoms with Crippen LogP contribution in [-0.2, 0) is 12.8 Å². The third-order valence-corrected chi connectivity index (χ3v) is 4.04. The predicted molar refractivity (Wildman–Crippen MR) is 76.7 cm³/mol. The van der Waals surface area contributed by atoms with Crippen LogP contribution in [0.5, 0.6) is 0 Å². The Hall–Kier alpha value is -1.81. The van der Waals surface area contributed by atoms with Gasteiger partial charge in [0.25, 0.3) is 11.9 Å². The molecule has 1 aliphatic carbocycles. The van der Waals surface area contributed by atoms with Crippen molar-refractivity contribution in [1.82, 2.24) is 4.73 Å². The molecule has 0 radical (unpaired) electrons. The first-order chi connectivity index (χ1) is 9.66. The van der Waals surface area contributed by atoms with Crippen LogP contribution in [-0.4, -0.2) is 9.94 Å². The molecule has 0 aliphatic heterocycles. The molecule has 4 nitrogen and oxygen atoms in total. The van der Waals surface area contributed by atoms with E-state index in [1.54, 1.807) is 24.3 Å². The number of halogens is 1. The smallest absolute Gasteiger partial charge is 0.262 e. The van der Waals surface area contributed by atoms with Crippen LogP contribution in [0.1, 0.15) is 30.7 Å². The largest absolute Gasteiger partial charge is 0.428 e. The highest BCUT2D eigenvalue weighted by atomic mass is 35.5. The molecule has 104 valence electrons. The van der Waals surface area contributed by atoms with E-state index in [9.17, 15) is 10.1 Å². The molecule has 0 spiro atoms. The van der Waals surface area contributed by atoms with Gasteiger partial charge in [-0.05, 0) is 31.4 Å². The fourth-order valence-electron chi connectivity index (χ4n) is 2.72. The maximum absolute atomic E-state index is 12.2. The highest BCUT2D eigenvalue weighted by Gasteiger charge is 2.25. The van der Waals surface area contributed by atoms with Crippen molar-refractivity contribution in [3.8, 4) is 11.3 Å². The molecule has 0 atom stereocenters. The van der Waals surface area contributed by atoms with Gasteiger partial charge in [-0.2, -0.15) is 4.73 Å². The monoisotopic (exact) mass is 291 g/mol. The molecule has 1 aromatic heterocycles. The predicted octanol–water partition coefficient (Wildman–Crippen LogP) is 3.23. The van der Waals surface area contributed by atoms with Crippen molar-refractivity contribution >= 4 is 11.6 Å². The van der Waals surface area contributed by atoms with E-state index in [1.807, 2.05) is 0 Å². The zero-order valence-corrected chi connectivity index (χ0v) is 11.8. The number of fused-ring (bicyclic) bond motifs is 1. The standard InChI is InChI=1S/C15H16ClN2O2/c16-12-8-6-11(7-9-12)15-10-17(19)13-4-2-1-3-5-14(13)18(15)20/h6-10,20H,1-5H2/q+1. The van der Waals surface area contributed by atoms with Crippen molar-refractivity contribution < 1.29 is 9.63 Å². The highest BCUT2D eigenvalue weighted by Crippen LogP contribution is 2.24. The SMILES string of the molecule is O=[n+]1cc(-c2ccc(Cl)cc2)n(O)c2c1CCCCC2. The average Bonchev–Trinajstić information content (AvgIpc) is 2.70. The molecule has 0 fully saturated rings. The summed E-state index contributed by atoms with van der Waals surface area (Å²) in [5.74, 6) is 0. The van der Waals surface area contributed by atoms with Gasteiger partial charge in [-0.1, -0.05) is 30.2 Å². The quantitative estimate of drug-likeness (QED) is 0.498. The van der Waals surface area contributed by atoms with E-state index in [2.05, 4.69) is 0 Å². The molecule has 5 heteroatoms. The molecule has 0 bridgehead atoms. The third-order valence-electron chi connectivity index (χ3n) is 3.79. The molecule has 3 rings (SSSR count). The van der Waals surface area contributed by atoms with Crippen molar-refractivity contribution in [1.29, 1.82) is 0 Å². The van der Waals surface area contributed by atoms with E-state index in [0.29, 0.717) is 16.4 Å². The van der Waals surface area contributed by atoms with Gasteiger partial charge in [0, 0.05) is 21.9 Å². The summed E-state index contributed by atoms with van der Waals surface area (Å²) in [7, 11) is 0. The van der Waals surface area contributed by atoms with Crippen LogP contribution in [0, 0.1) is 4.91 Å². The summed E-state index contributed by atoms with van der Waals surface area (Å²) in [6, 6.07) is 7.09. The van der Waals surface area contributed by atoms with Crippen LogP contribution in [0.25, 0.3) is 11.3 Å². The lowest BCUT2D eigenvalue weighted by Gasteiger charge is -2.10. The zero-order valence-electron chi connectivity index (χ0n) is 11.1. The minimum absolute atomic E-state index is 0.498. The first-order valence-corrected chi connectivity index (χ1v) is 7.20. The Morgan fingerprint density at radius 2 is 1.80 bits per heavy atom. The van der Waals surface area contributed by atoms with Crippen LogP contribution in [0.4, 0.5) is 0 Å². The van der Waals surface area contributed by atoms with Crippen LogP contribution in [0.3, 0.4) is 0 Å². The molecule has 0 unspecified atom stereocenters. The normalized spacial score (nSPS) is 14.7. The summed E-state index contributed by atoms with van der Waals surface area (Å²) in [5.41, 5.74) is 2.68. The van der Waals surface area contributed by atoms with Crippen molar-refractivity contribution in [2.45, 2.75) is 32.1 Å². The van der Waals surface area contributed by atoms with E-state index in [4.69, 9.17) is 11.6 Å². The lowest BCUT2D eigenvalue weighted by molar-refractivity contribution is -0.506. The Labute approximate surface area is 121 Å². The third kappa shape index (κ3) is 2.31. The minimum Gasteiger partial charge on any atom is -0.428 e. The second kappa shape index (κ2) is 5.29. The van der Waals surface area contributed by atoms with E-state index >= 15 is 0 Å². The number of nitrogens with zero attached hydrogens (tertiary/aromatic N) is 2. The summed E-state index contributed by atoms with van der Waals surface area (Å²) in [6.45, 7) is 0. The molecule has 1 aromatic carbocycles. The summed E-state index contributed by atoms with van der Waals surface area (Å²) >= 11 is 5.87. The molecule has 1 aliphatic rings. The summed E-state index contributed by atoms with van der Waals surface area (Å²) in [4.78, 5) is 12.2. The van der Waals surface area contributed by atoms with E-state index in [-0.39, 0.29) is 0 Å². The molecule has 0 saturated carbocycles. The molecule has 1 heterocycles. The number of rotatable bonds is 1. The van der Waals surface area contributed by atoms with Crippen LogP contribution in [0.2, 0.25) is 5.02 Å². The lowest BCUT2D eigenvalue weighted by Crippen LogP contribution is -2.27. The van der Waals surface area contributed by atoms with Crippen molar-refractivity contribution in [2.75, 3.05) is 0 Å². The topological polar surface area (TPSA) is 48.1 Å². The van der Waals surface area contributed by atoms with Gasteiger partial charge in [0.05, 0.1) is 4.43 Å². The van der Waals surface area contributed by atoms with Gasteiger partial charge < -0.3 is 5.21 Å². The lowest BCUT2D eigenvalue weighted by atomic mass is 10.1. The van der Waals surface area contributed by atoms with Crippen LogP contribution in [0.15, 0.2) is 30.5 Å². The first kappa shape index (κ1) is 13.2. The Bertz CT molecular complexity index is 692. The van der Waals surface area contributed by atoms with E-state index in [0.717, 1.165) is 52.5 Å². The summed E-state index contributed by atoms with van der Waals surface area (Å²) in [6.07, 6.45) is 5.97. The molecule has 2 aromatic rings. The number of hydrogen-bond donors (Lipinski definition) is 1. The summed E-state index contributed by atoms with van der Waals surface area (Å²) < 4.78 is 2.07. The van der Waals surface area contributed by atoms with Gasteiger partial charge in [0.2, 0.25) is 0 Å². The van der Waals surface area contributed by atoms with Crippen LogP contribution >= 0.6 is 11.6 Å². The molecular weight excluding hydrogens is 276 g/mol. The minimum atomic E-state index is 0.498. The Morgan fingerprint density at radius 3 is 2.55 bits per heavy atom. The van der Waals surface area contributed by atoms with Crippen LogP contribution < -0.4 is 4.43 Å². The zero-order chi connectivity index (χ0) is 14.1. The van der Waals surface area contributed by atoms with Gasteiger partial charge in [-0.15, -0.1) is 0 Å². The summed E-state index contributed by atoms with van der Waals surface area (Å²) in [5, 5.41) is 11.1. The van der Waals surface area contributed by atoms with Crippen molar-refractivity contribution in [2.24, 2.45) is 0 Å². The number of hydrogen-bond acceptors (Lipinski definition) is 2. The van der Waals surface area contributed by atoms with Crippen molar-refractivity contribution in [3.63, 3.8) is 0 Å². The number of aromatic nitrogens is 2. The maximum Gasteiger partial charge on any atom is 0.262 e. The van der Waals surface area contributed by atoms with E-state index < -0.39 is 0 Å². The first-order valence-electron chi connectivity index (χ1n) is 6.82. The Morgan fingerprint density at radius 1 is 1.10 bits per heavy atom. The maximum atomic E-state index is 12.2. The highest BCUT2D eigenvalue weighted by molar-refractivity contribution is 6.30. The van der Waals surface area contributed by atoms with Gasteiger partial charge >= 0.3 is 0 Å². The van der Waals surface area contributed by atoms with Gasteiger partial charge in [0.15, 0.2) is 5.69 Å². The molecule has 0 amide bonds. The fourth-order valence-corrected chi connectivity index (χ4v) is 2.85. The van der Waals surface area contributed by atoms with Crippen molar-refractivity contribution in [3.05, 3.63) is 51.8 Å². The molecular formula is C15H16ClN2O2+. The molecule has 0 saturated heterocycles. The average molecular weight is 292 g/mol. The molecule has 20 heavy (non-hydrogen) atoms. The second-order valence-corrected chi connectivity index (χ2v) is 5.55. The van der Waals surface area contributed by atoms with E-state index in [1.165, 1.54) is 6.20 Å². The van der Waals surface area contributed by atoms with Gasteiger partial charge in [0.1, 0.15) is 5.69 Å². The van der Waals surface area contributed by atoms with Gasteiger partial charge in [-0.25, -0.2) is 0 Å². The fraction of sp³-hybridized carbons (Fsp3) is 0.333. The van der Waals surface area contributed by atoms with Gasteiger partial charge in [-0.3, -0.25) is 0 Å². The Kier molecular flexibility index (Phi) is 3.49. The number of benzene rings is 1. The Balaban J connectivity index is 2.18.